The zero-order chi connectivity index (χ0) is 22.1. The van der Waals surface area contributed by atoms with E-state index in [9.17, 15) is 9.18 Å². The first-order valence-electron chi connectivity index (χ1n) is 9.89. The third-order valence-corrected chi connectivity index (χ3v) is 5.48. The fourth-order valence-electron chi connectivity index (χ4n) is 3.59. The minimum absolute atomic E-state index is 0.216. The van der Waals surface area contributed by atoms with Crippen molar-refractivity contribution in [3.63, 3.8) is 0 Å². The lowest BCUT2D eigenvalue weighted by molar-refractivity contribution is 0.0643. The third kappa shape index (κ3) is 4.02. The number of aromatic nitrogens is 4. The predicted octanol–water partition coefficient (Wildman–Crippen LogP) is 2.99. The highest BCUT2D eigenvalue weighted by molar-refractivity contribution is 6.18. The Bertz CT molecular complexity index is 1150. The van der Waals surface area contributed by atoms with Gasteiger partial charge >= 0.3 is 6.09 Å². The number of anilines is 1. The Hall–Kier alpha value is -3.50. The quantitative estimate of drug-likeness (QED) is 0.570. The zero-order valence-corrected chi connectivity index (χ0v) is 17.4. The summed E-state index contributed by atoms with van der Waals surface area (Å²) in [4.78, 5) is 23.4. The van der Waals surface area contributed by atoms with E-state index in [1.54, 1.807) is 47.5 Å². The Morgan fingerprint density at radius 1 is 1.28 bits per heavy atom. The second kappa shape index (κ2) is 8.56. The van der Waals surface area contributed by atoms with Gasteiger partial charge in [0.2, 0.25) is 0 Å². The number of hydrogen-bond acceptors (Lipinski definition) is 7. The number of carbonyl (C=O) groups is 1. The maximum absolute atomic E-state index is 14.9. The fourth-order valence-corrected chi connectivity index (χ4v) is 3.74. The summed E-state index contributed by atoms with van der Waals surface area (Å²) in [6.07, 6.45) is 5.53. The van der Waals surface area contributed by atoms with Crippen LogP contribution in [0.5, 0.6) is 0 Å². The highest BCUT2D eigenvalue weighted by atomic mass is 35.5. The normalized spacial score (nSPS) is 20.2. The Morgan fingerprint density at radius 3 is 2.88 bits per heavy atom. The van der Waals surface area contributed by atoms with Gasteiger partial charge in [-0.15, -0.1) is 16.7 Å². The molecule has 0 radical (unpaired) electrons. The maximum atomic E-state index is 14.9. The van der Waals surface area contributed by atoms with Crippen LogP contribution in [0.25, 0.3) is 16.8 Å². The Balaban J connectivity index is 1.31. The minimum Gasteiger partial charge on any atom is -0.442 e. The summed E-state index contributed by atoms with van der Waals surface area (Å²) < 4.78 is 21.9. The van der Waals surface area contributed by atoms with Crippen molar-refractivity contribution in [2.75, 3.05) is 17.3 Å². The number of nitrogens with zero attached hydrogens (tertiary/aromatic N) is 5. The molecule has 0 spiro atoms. The lowest BCUT2D eigenvalue weighted by atomic mass is 10.1. The molecule has 4 heterocycles. The first-order valence-corrected chi connectivity index (χ1v) is 10.4. The van der Waals surface area contributed by atoms with Gasteiger partial charge in [0.1, 0.15) is 18.0 Å². The van der Waals surface area contributed by atoms with Gasteiger partial charge in [0.15, 0.2) is 0 Å². The Morgan fingerprint density at radius 2 is 2.19 bits per heavy atom. The summed E-state index contributed by atoms with van der Waals surface area (Å²) in [7, 11) is 0. The molecule has 2 aliphatic heterocycles. The van der Waals surface area contributed by atoms with Gasteiger partial charge in [-0.2, -0.15) is 0 Å². The second-order valence-corrected chi connectivity index (χ2v) is 7.64. The van der Waals surface area contributed by atoms with E-state index in [1.807, 2.05) is 6.08 Å². The zero-order valence-electron chi connectivity index (χ0n) is 16.7. The number of hydroxylamine groups is 1. The summed E-state index contributed by atoms with van der Waals surface area (Å²) in [6.45, 7) is 0.671. The van der Waals surface area contributed by atoms with Gasteiger partial charge in [-0.25, -0.2) is 13.9 Å². The van der Waals surface area contributed by atoms with Crippen molar-refractivity contribution >= 4 is 29.1 Å². The molecule has 2 aromatic heterocycles. The van der Waals surface area contributed by atoms with Crippen molar-refractivity contribution in [1.82, 2.24) is 25.5 Å². The summed E-state index contributed by atoms with van der Waals surface area (Å²) in [6, 6.07) is 8.18. The van der Waals surface area contributed by atoms with Gasteiger partial charge in [0.05, 0.1) is 42.2 Å². The number of benzene rings is 1. The van der Waals surface area contributed by atoms with Crippen LogP contribution in [0.1, 0.15) is 5.69 Å². The number of ether oxygens (including phenoxy) is 1. The topological polar surface area (TPSA) is 94.4 Å². The number of hydrogen-bond donors (Lipinski definition) is 1. The molecule has 0 saturated carbocycles. The van der Waals surface area contributed by atoms with Crippen LogP contribution in [0.2, 0.25) is 0 Å². The Labute approximate surface area is 187 Å². The van der Waals surface area contributed by atoms with Crippen LogP contribution in [-0.2, 0) is 16.1 Å². The number of carbonyl (C=O) groups excluding carboxylic acids is 1. The van der Waals surface area contributed by atoms with Gasteiger partial charge in [-0.05, 0) is 30.3 Å². The highest BCUT2D eigenvalue weighted by Crippen LogP contribution is 2.29. The molecule has 1 amide bonds. The minimum atomic E-state index is -0.525. The largest absolute Gasteiger partial charge is 0.442 e. The number of cyclic esters (lactones) is 1. The number of pyridine rings is 1. The molecule has 1 N–H and O–H groups in total. The van der Waals surface area contributed by atoms with E-state index in [1.165, 1.54) is 11.0 Å². The molecule has 3 aromatic rings. The molecular weight excluding hydrogens is 439 g/mol. The van der Waals surface area contributed by atoms with Crippen LogP contribution in [0.4, 0.5) is 14.9 Å². The smallest absolute Gasteiger partial charge is 0.414 e. The predicted molar refractivity (Wildman–Crippen MR) is 114 cm³/mol. The number of amides is 1. The van der Waals surface area contributed by atoms with Crippen molar-refractivity contribution in [2.45, 2.75) is 18.8 Å². The standard InChI is InChI=1S/C21H18ClFN6O3/c22-9-15-8-20(26-32-15)19-4-1-13(10-24-19)17-3-2-14(7-18(17)23)29-12-16(31-21(29)30)11-28-6-5-25-27-28/h1-8,10,15-16,26H,9,11-12H2/t15-,16-/m0/s1. The van der Waals surface area contributed by atoms with Crippen LogP contribution in [0, 0.1) is 5.82 Å². The van der Waals surface area contributed by atoms with Crippen molar-refractivity contribution < 1.29 is 18.8 Å². The monoisotopic (exact) mass is 456 g/mol. The van der Waals surface area contributed by atoms with Crippen LogP contribution in [0.3, 0.4) is 0 Å². The summed E-state index contributed by atoms with van der Waals surface area (Å²) in [5.41, 5.74) is 5.57. The van der Waals surface area contributed by atoms with Crippen molar-refractivity contribution in [3.05, 3.63) is 66.5 Å². The summed E-state index contributed by atoms with van der Waals surface area (Å²) in [5.74, 6) is -0.133. The van der Waals surface area contributed by atoms with Crippen molar-refractivity contribution in [2.24, 2.45) is 0 Å². The molecule has 1 aromatic carbocycles. The number of alkyl halides is 1. The molecule has 0 unspecified atom stereocenters. The van der Waals surface area contributed by atoms with Crippen molar-refractivity contribution in [3.8, 4) is 11.1 Å². The van der Waals surface area contributed by atoms with E-state index in [-0.39, 0.29) is 6.10 Å². The van der Waals surface area contributed by atoms with Gasteiger partial charge in [-0.1, -0.05) is 11.3 Å². The molecule has 2 atom stereocenters. The first-order chi connectivity index (χ1) is 15.6. The van der Waals surface area contributed by atoms with Crippen LogP contribution in [-0.4, -0.2) is 50.7 Å². The molecule has 5 rings (SSSR count). The van der Waals surface area contributed by atoms with E-state index in [2.05, 4.69) is 20.8 Å². The third-order valence-electron chi connectivity index (χ3n) is 5.18. The van der Waals surface area contributed by atoms with Gasteiger partial charge in [0, 0.05) is 23.5 Å². The molecule has 0 aliphatic carbocycles. The molecule has 0 bridgehead atoms. The van der Waals surface area contributed by atoms with Gasteiger partial charge < -0.3 is 4.74 Å². The molecule has 2 aliphatic rings. The maximum Gasteiger partial charge on any atom is 0.414 e. The van der Waals surface area contributed by atoms with E-state index >= 15 is 0 Å². The number of halogens is 2. The van der Waals surface area contributed by atoms with Crippen molar-refractivity contribution in [1.29, 1.82) is 0 Å². The van der Waals surface area contributed by atoms with E-state index in [0.29, 0.717) is 47.2 Å². The van der Waals surface area contributed by atoms with E-state index in [4.69, 9.17) is 21.2 Å². The lowest BCUT2D eigenvalue weighted by Crippen LogP contribution is -2.26. The van der Waals surface area contributed by atoms with Gasteiger partial charge in [-0.3, -0.25) is 20.2 Å². The van der Waals surface area contributed by atoms with Crippen LogP contribution >= 0.6 is 11.6 Å². The Kier molecular flexibility index (Phi) is 5.46. The van der Waals surface area contributed by atoms with Gasteiger partial charge in [0.25, 0.3) is 0 Å². The second-order valence-electron chi connectivity index (χ2n) is 7.33. The summed E-state index contributed by atoms with van der Waals surface area (Å²) in [5, 5.41) is 7.60. The molecule has 9 nitrogen and oxygen atoms in total. The molecular formula is C21H18ClFN6O3. The molecule has 32 heavy (non-hydrogen) atoms. The molecule has 1 saturated heterocycles. The fraction of sp³-hybridized carbons (Fsp3) is 0.238. The number of nitrogens with one attached hydrogen (secondary N) is 1. The molecule has 11 heteroatoms. The average Bonchev–Trinajstić information content (AvgIpc) is 3.56. The van der Waals surface area contributed by atoms with E-state index < -0.39 is 18.0 Å². The van der Waals surface area contributed by atoms with Crippen LogP contribution in [0.15, 0.2) is 55.0 Å². The highest BCUT2D eigenvalue weighted by Gasteiger charge is 2.33. The average molecular weight is 457 g/mol. The van der Waals surface area contributed by atoms with Crippen LogP contribution < -0.4 is 10.4 Å². The molecule has 164 valence electrons. The molecule has 1 fully saturated rings. The van der Waals surface area contributed by atoms with E-state index in [0.717, 1.165) is 0 Å². The summed E-state index contributed by atoms with van der Waals surface area (Å²) >= 11 is 5.78. The SMILES string of the molecule is O=C1O[C@@H](Cn2ccnn2)CN1c1ccc(-c2ccc(C3=C[C@@H](CCl)ON3)nc2)c(F)c1. The first kappa shape index (κ1) is 20.4. The lowest BCUT2D eigenvalue weighted by Gasteiger charge is -2.14. The number of rotatable bonds is 6.